The van der Waals surface area contributed by atoms with E-state index in [-0.39, 0.29) is 11.5 Å². The van der Waals surface area contributed by atoms with Crippen molar-refractivity contribution in [2.24, 2.45) is 0 Å². The summed E-state index contributed by atoms with van der Waals surface area (Å²) in [5.41, 5.74) is 0.984. The number of hydrogen-bond donors (Lipinski definition) is 1. The molecule has 0 unspecified atom stereocenters. The molecule has 2 aromatic carbocycles. The fraction of sp³-hybridized carbons (Fsp3) is 0.118. The second kappa shape index (κ2) is 8.14. The number of carbonyl (C=O) groups excluding carboxylic acids is 1. The van der Waals surface area contributed by atoms with Gasteiger partial charge >= 0.3 is 0 Å². The van der Waals surface area contributed by atoms with Gasteiger partial charge in [0.1, 0.15) is 5.75 Å². The Morgan fingerprint density at radius 1 is 1.22 bits per heavy atom. The van der Waals surface area contributed by atoms with Crippen LogP contribution in [-0.2, 0) is 0 Å². The molecule has 1 heterocycles. The molecule has 0 atom stereocenters. The van der Waals surface area contributed by atoms with E-state index in [4.69, 9.17) is 4.74 Å². The molecule has 0 aliphatic rings. The number of hydrogen-bond acceptors (Lipinski definition) is 9. The van der Waals surface area contributed by atoms with E-state index in [1.165, 1.54) is 24.3 Å². The number of aromatic nitrogens is 2. The zero-order chi connectivity index (χ0) is 19.4. The summed E-state index contributed by atoms with van der Waals surface area (Å²) in [7, 11) is 1.60. The average molecular weight is 402 g/mol. The maximum absolute atomic E-state index is 11.4. The summed E-state index contributed by atoms with van der Waals surface area (Å²) in [6, 6.07) is 11.7. The molecule has 0 bridgehead atoms. The van der Waals surface area contributed by atoms with Crippen molar-refractivity contribution in [1.82, 2.24) is 10.2 Å². The van der Waals surface area contributed by atoms with Gasteiger partial charge in [-0.05, 0) is 55.1 Å². The molecule has 0 fully saturated rings. The number of anilines is 2. The SMILES string of the molecule is COc1ccc(Nc2nnc(Sc3ccc(C(C)=O)cc3[N+](=O)[O-])s2)cc1. The van der Waals surface area contributed by atoms with Crippen LogP contribution in [0, 0.1) is 10.1 Å². The van der Waals surface area contributed by atoms with Crippen LogP contribution in [0.15, 0.2) is 51.7 Å². The summed E-state index contributed by atoms with van der Waals surface area (Å²) in [5.74, 6) is 0.520. The normalized spacial score (nSPS) is 10.4. The molecule has 0 amide bonds. The number of nitrogens with one attached hydrogen (secondary N) is 1. The summed E-state index contributed by atoms with van der Waals surface area (Å²) in [6.07, 6.45) is 0. The van der Waals surface area contributed by atoms with Gasteiger partial charge in [-0.25, -0.2) is 0 Å². The van der Waals surface area contributed by atoms with Gasteiger partial charge in [0, 0.05) is 17.3 Å². The van der Waals surface area contributed by atoms with Crippen molar-refractivity contribution in [3.8, 4) is 5.75 Å². The number of ether oxygens (including phenoxy) is 1. The Morgan fingerprint density at radius 2 is 1.96 bits per heavy atom. The average Bonchev–Trinajstić information content (AvgIpc) is 3.09. The van der Waals surface area contributed by atoms with E-state index >= 15 is 0 Å². The molecular weight excluding hydrogens is 388 g/mol. The fourth-order valence-corrected chi connectivity index (χ4v) is 3.97. The second-order valence-corrected chi connectivity index (χ2v) is 7.59. The topological polar surface area (TPSA) is 107 Å². The first kappa shape index (κ1) is 18.8. The Morgan fingerprint density at radius 3 is 2.59 bits per heavy atom. The lowest BCUT2D eigenvalue weighted by Crippen LogP contribution is -1.96. The predicted molar refractivity (Wildman–Crippen MR) is 103 cm³/mol. The van der Waals surface area contributed by atoms with Crippen molar-refractivity contribution in [1.29, 1.82) is 0 Å². The molecule has 8 nitrogen and oxygen atoms in total. The van der Waals surface area contributed by atoms with Gasteiger partial charge in [-0.1, -0.05) is 11.3 Å². The van der Waals surface area contributed by atoms with Crippen LogP contribution in [0.4, 0.5) is 16.5 Å². The van der Waals surface area contributed by atoms with E-state index in [9.17, 15) is 14.9 Å². The minimum atomic E-state index is -0.508. The van der Waals surface area contributed by atoms with Crippen LogP contribution in [0.3, 0.4) is 0 Å². The highest BCUT2D eigenvalue weighted by Gasteiger charge is 2.19. The van der Waals surface area contributed by atoms with Crippen LogP contribution < -0.4 is 10.1 Å². The van der Waals surface area contributed by atoms with Crippen LogP contribution >= 0.6 is 23.1 Å². The van der Waals surface area contributed by atoms with Crippen molar-refractivity contribution in [3.05, 3.63) is 58.1 Å². The molecule has 0 saturated heterocycles. The Balaban J connectivity index is 1.77. The predicted octanol–water partition coefficient (Wildman–Crippen LogP) is 4.55. The maximum Gasteiger partial charge on any atom is 0.284 e. The van der Waals surface area contributed by atoms with Crippen LogP contribution in [0.5, 0.6) is 5.75 Å². The first-order chi connectivity index (χ1) is 13.0. The maximum atomic E-state index is 11.4. The highest BCUT2D eigenvalue weighted by molar-refractivity contribution is 8.01. The molecule has 3 rings (SSSR count). The number of rotatable bonds is 7. The van der Waals surface area contributed by atoms with Gasteiger partial charge in [0.25, 0.3) is 5.69 Å². The first-order valence-electron chi connectivity index (χ1n) is 7.68. The summed E-state index contributed by atoms with van der Waals surface area (Å²) in [6.45, 7) is 1.37. The molecule has 0 aliphatic heterocycles. The molecule has 0 saturated carbocycles. The molecule has 1 aromatic heterocycles. The third kappa shape index (κ3) is 4.60. The molecule has 10 heteroatoms. The molecule has 0 radical (unpaired) electrons. The summed E-state index contributed by atoms with van der Waals surface area (Å²) < 4.78 is 5.66. The summed E-state index contributed by atoms with van der Waals surface area (Å²) in [4.78, 5) is 22.6. The number of ketones is 1. The molecule has 27 heavy (non-hydrogen) atoms. The van der Waals surface area contributed by atoms with Gasteiger partial charge in [0.2, 0.25) is 5.13 Å². The van der Waals surface area contributed by atoms with E-state index in [0.29, 0.717) is 19.9 Å². The minimum absolute atomic E-state index is 0.132. The number of benzene rings is 2. The molecule has 3 aromatic rings. The number of nitrogens with zero attached hydrogens (tertiary/aromatic N) is 3. The zero-order valence-corrected chi connectivity index (χ0v) is 16.0. The lowest BCUT2D eigenvalue weighted by atomic mass is 10.1. The number of Topliss-reactive ketones (excluding diaryl/α,β-unsaturated/α-hetero) is 1. The highest BCUT2D eigenvalue weighted by Crippen LogP contribution is 2.38. The largest absolute Gasteiger partial charge is 0.497 e. The minimum Gasteiger partial charge on any atom is -0.497 e. The van der Waals surface area contributed by atoms with Crippen molar-refractivity contribution >= 4 is 45.4 Å². The van der Waals surface area contributed by atoms with Crippen LogP contribution in [0.1, 0.15) is 17.3 Å². The van der Waals surface area contributed by atoms with Gasteiger partial charge in [0.05, 0.1) is 16.9 Å². The highest BCUT2D eigenvalue weighted by atomic mass is 32.2. The summed E-state index contributed by atoms with van der Waals surface area (Å²) in [5, 5.41) is 23.1. The zero-order valence-electron chi connectivity index (χ0n) is 14.3. The van der Waals surface area contributed by atoms with E-state index in [1.807, 2.05) is 24.3 Å². The van der Waals surface area contributed by atoms with Crippen LogP contribution in [0.2, 0.25) is 0 Å². The second-order valence-electron chi connectivity index (χ2n) is 5.32. The third-order valence-electron chi connectivity index (χ3n) is 3.51. The Labute approximate surface area is 162 Å². The lowest BCUT2D eigenvalue weighted by Gasteiger charge is -2.03. The Kier molecular flexibility index (Phi) is 5.67. The van der Waals surface area contributed by atoms with Gasteiger partial charge in [-0.15, -0.1) is 10.2 Å². The number of nitro groups is 1. The lowest BCUT2D eigenvalue weighted by molar-refractivity contribution is -0.387. The molecule has 1 N–H and O–H groups in total. The molecule has 0 aliphatic carbocycles. The van der Waals surface area contributed by atoms with E-state index in [1.54, 1.807) is 19.2 Å². The van der Waals surface area contributed by atoms with Crippen molar-refractivity contribution in [2.75, 3.05) is 12.4 Å². The molecule has 138 valence electrons. The van der Waals surface area contributed by atoms with Gasteiger partial charge < -0.3 is 10.1 Å². The quantitative estimate of drug-likeness (QED) is 0.348. The Hall–Kier alpha value is -2.98. The van der Waals surface area contributed by atoms with Crippen LogP contribution in [0.25, 0.3) is 0 Å². The Bertz CT molecular complexity index is 989. The van der Waals surface area contributed by atoms with Gasteiger partial charge in [-0.3, -0.25) is 14.9 Å². The van der Waals surface area contributed by atoms with E-state index in [0.717, 1.165) is 23.2 Å². The van der Waals surface area contributed by atoms with Gasteiger partial charge in [0.15, 0.2) is 10.1 Å². The number of nitro benzene ring substituents is 1. The first-order valence-corrected chi connectivity index (χ1v) is 9.31. The van der Waals surface area contributed by atoms with Crippen molar-refractivity contribution in [2.45, 2.75) is 16.2 Å². The fourth-order valence-electron chi connectivity index (χ4n) is 2.16. The number of carbonyl (C=O) groups is 1. The van der Waals surface area contributed by atoms with E-state index < -0.39 is 4.92 Å². The monoisotopic (exact) mass is 402 g/mol. The smallest absolute Gasteiger partial charge is 0.284 e. The van der Waals surface area contributed by atoms with Crippen molar-refractivity contribution in [3.63, 3.8) is 0 Å². The molecular formula is C17H14N4O4S2. The van der Waals surface area contributed by atoms with E-state index in [2.05, 4.69) is 15.5 Å². The van der Waals surface area contributed by atoms with Crippen molar-refractivity contribution < 1.29 is 14.5 Å². The van der Waals surface area contributed by atoms with Crippen LogP contribution in [-0.4, -0.2) is 28.0 Å². The van der Waals surface area contributed by atoms with Gasteiger partial charge in [-0.2, -0.15) is 0 Å². The number of methoxy groups -OCH3 is 1. The standard InChI is InChI=1S/C17H14N4O4S2/c1-10(22)11-3-8-15(14(9-11)21(23)24)26-17-20-19-16(27-17)18-12-4-6-13(25-2)7-5-12/h3-9H,1-2H3,(H,18,19). The third-order valence-corrected chi connectivity index (χ3v) is 5.46. The molecule has 0 spiro atoms. The summed E-state index contributed by atoms with van der Waals surface area (Å²) >= 11 is 2.40.